The summed E-state index contributed by atoms with van der Waals surface area (Å²) in [5, 5.41) is 3.77. The Balaban J connectivity index is 1.61. The predicted molar refractivity (Wildman–Crippen MR) is 102 cm³/mol. The van der Waals surface area contributed by atoms with Gasteiger partial charge in [0.05, 0.1) is 13.2 Å². The zero-order chi connectivity index (χ0) is 19.4. The van der Waals surface area contributed by atoms with Gasteiger partial charge in [0.1, 0.15) is 11.3 Å². The minimum absolute atomic E-state index is 0.173. The molecular weight excluding hydrogens is 348 g/mol. The number of amides is 1. The number of hydrogen-bond donors (Lipinski definition) is 1. The van der Waals surface area contributed by atoms with Crippen molar-refractivity contribution in [2.45, 2.75) is 26.9 Å². The molecule has 0 radical (unpaired) electrons. The van der Waals surface area contributed by atoms with Crippen molar-refractivity contribution in [2.75, 3.05) is 39.4 Å². The van der Waals surface area contributed by atoms with Crippen molar-refractivity contribution in [3.05, 3.63) is 39.7 Å². The Morgan fingerprint density at radius 2 is 2.04 bits per heavy atom. The fourth-order valence-corrected chi connectivity index (χ4v) is 3.18. The van der Waals surface area contributed by atoms with E-state index in [1.807, 2.05) is 26.0 Å². The Morgan fingerprint density at radius 3 is 2.78 bits per heavy atom. The van der Waals surface area contributed by atoms with Gasteiger partial charge in [-0.25, -0.2) is 4.79 Å². The second kappa shape index (κ2) is 8.54. The van der Waals surface area contributed by atoms with E-state index < -0.39 is 11.7 Å². The largest absolute Gasteiger partial charge is 0.480 e. The topological polar surface area (TPSA) is 81.0 Å². The molecule has 1 aliphatic heterocycles. The van der Waals surface area contributed by atoms with Crippen molar-refractivity contribution >= 4 is 16.9 Å². The van der Waals surface area contributed by atoms with E-state index in [0.29, 0.717) is 23.4 Å². The van der Waals surface area contributed by atoms with E-state index in [1.165, 1.54) is 6.07 Å². The predicted octanol–water partition coefficient (Wildman–Crippen LogP) is 1.63. The van der Waals surface area contributed by atoms with Gasteiger partial charge in [0.15, 0.2) is 6.10 Å². The standard InChI is InChI=1S/C20H26N2O5/c1-13-12-18(23)27-19-14(2)17(5-4-16(13)19)26-15(3)20(24)21-6-7-22-8-10-25-11-9-22/h4-5,12,15H,6-11H2,1-3H3,(H,21,24)/t15-/m0/s1. The van der Waals surface area contributed by atoms with Gasteiger partial charge in [-0.1, -0.05) is 0 Å². The molecule has 2 aromatic rings. The summed E-state index contributed by atoms with van der Waals surface area (Å²) in [5.74, 6) is 0.362. The van der Waals surface area contributed by atoms with E-state index in [9.17, 15) is 9.59 Å². The Kier molecular flexibility index (Phi) is 6.13. The molecule has 146 valence electrons. The highest BCUT2D eigenvalue weighted by Gasteiger charge is 2.18. The van der Waals surface area contributed by atoms with Crippen molar-refractivity contribution in [3.8, 4) is 5.75 Å². The molecule has 1 aliphatic rings. The molecule has 2 heterocycles. The molecule has 0 spiro atoms. The molecule has 1 amide bonds. The highest BCUT2D eigenvalue weighted by Crippen LogP contribution is 2.28. The summed E-state index contributed by atoms with van der Waals surface area (Å²) in [6, 6.07) is 5.12. The quantitative estimate of drug-likeness (QED) is 0.774. The van der Waals surface area contributed by atoms with Crippen LogP contribution < -0.4 is 15.7 Å². The molecule has 27 heavy (non-hydrogen) atoms. The highest BCUT2D eigenvalue weighted by atomic mass is 16.5. The van der Waals surface area contributed by atoms with Crippen LogP contribution in [0, 0.1) is 13.8 Å². The van der Waals surface area contributed by atoms with Crippen LogP contribution >= 0.6 is 0 Å². The van der Waals surface area contributed by atoms with Crippen molar-refractivity contribution in [3.63, 3.8) is 0 Å². The number of aryl methyl sites for hydroxylation is 2. The van der Waals surface area contributed by atoms with Gasteiger partial charge in [-0.15, -0.1) is 0 Å². The van der Waals surface area contributed by atoms with Crippen molar-refractivity contribution in [1.29, 1.82) is 0 Å². The summed E-state index contributed by atoms with van der Waals surface area (Å²) in [5.41, 5.74) is 1.66. The van der Waals surface area contributed by atoms with Crippen LogP contribution in [0.1, 0.15) is 18.1 Å². The van der Waals surface area contributed by atoms with Crippen LogP contribution in [0.3, 0.4) is 0 Å². The third-order valence-corrected chi connectivity index (χ3v) is 4.82. The smallest absolute Gasteiger partial charge is 0.336 e. The van der Waals surface area contributed by atoms with Gasteiger partial charge in [0.2, 0.25) is 0 Å². The zero-order valence-corrected chi connectivity index (χ0v) is 16.0. The van der Waals surface area contributed by atoms with Crippen LogP contribution in [-0.2, 0) is 9.53 Å². The fraction of sp³-hybridized carbons (Fsp3) is 0.500. The molecule has 7 nitrogen and oxygen atoms in total. The number of carbonyl (C=O) groups excluding carboxylic acids is 1. The van der Waals surface area contributed by atoms with Crippen LogP contribution in [0.2, 0.25) is 0 Å². The number of hydrogen-bond acceptors (Lipinski definition) is 6. The molecule has 0 unspecified atom stereocenters. The fourth-order valence-electron chi connectivity index (χ4n) is 3.18. The maximum Gasteiger partial charge on any atom is 0.336 e. The third-order valence-electron chi connectivity index (χ3n) is 4.82. The van der Waals surface area contributed by atoms with Gasteiger partial charge >= 0.3 is 5.63 Å². The number of nitrogens with zero attached hydrogens (tertiary/aromatic N) is 1. The summed E-state index contributed by atoms with van der Waals surface area (Å²) >= 11 is 0. The Hall–Kier alpha value is -2.38. The van der Waals surface area contributed by atoms with E-state index in [4.69, 9.17) is 13.9 Å². The minimum atomic E-state index is -0.651. The van der Waals surface area contributed by atoms with Crippen LogP contribution in [0.15, 0.2) is 27.4 Å². The van der Waals surface area contributed by atoms with E-state index in [0.717, 1.165) is 43.8 Å². The first-order valence-corrected chi connectivity index (χ1v) is 9.24. The summed E-state index contributed by atoms with van der Waals surface area (Å²) in [4.78, 5) is 26.2. The highest BCUT2D eigenvalue weighted by molar-refractivity contribution is 5.85. The van der Waals surface area contributed by atoms with Crippen molar-refractivity contribution < 1.29 is 18.7 Å². The lowest BCUT2D eigenvalue weighted by Gasteiger charge is -2.26. The molecule has 1 aromatic heterocycles. The first kappa shape index (κ1) is 19.4. The molecule has 3 rings (SSSR count). The summed E-state index contributed by atoms with van der Waals surface area (Å²) in [6.07, 6.45) is -0.651. The average molecular weight is 374 g/mol. The Morgan fingerprint density at radius 1 is 1.30 bits per heavy atom. The molecular formula is C20H26N2O5. The molecule has 1 aromatic carbocycles. The lowest BCUT2D eigenvalue weighted by atomic mass is 10.1. The monoisotopic (exact) mass is 374 g/mol. The zero-order valence-electron chi connectivity index (χ0n) is 16.0. The number of morpholine rings is 1. The van der Waals surface area contributed by atoms with Gasteiger partial charge in [-0.2, -0.15) is 0 Å². The van der Waals surface area contributed by atoms with Gasteiger partial charge < -0.3 is 19.2 Å². The summed E-state index contributed by atoms with van der Waals surface area (Å²) < 4.78 is 16.5. The first-order valence-electron chi connectivity index (χ1n) is 9.24. The van der Waals surface area contributed by atoms with Crippen molar-refractivity contribution in [2.24, 2.45) is 0 Å². The number of rotatable bonds is 6. The Labute approximate surface area is 158 Å². The van der Waals surface area contributed by atoms with E-state index in [2.05, 4.69) is 10.2 Å². The number of carbonyl (C=O) groups is 1. The van der Waals surface area contributed by atoms with Crippen LogP contribution in [0.25, 0.3) is 11.0 Å². The van der Waals surface area contributed by atoms with E-state index in [-0.39, 0.29) is 5.91 Å². The third kappa shape index (κ3) is 4.67. The lowest BCUT2D eigenvalue weighted by molar-refractivity contribution is -0.127. The normalized spacial score (nSPS) is 16.3. The van der Waals surface area contributed by atoms with Crippen molar-refractivity contribution in [1.82, 2.24) is 10.2 Å². The molecule has 1 fully saturated rings. The Bertz CT molecular complexity index is 871. The maximum absolute atomic E-state index is 12.3. The summed E-state index contributed by atoms with van der Waals surface area (Å²) in [6.45, 7) is 10.0. The second-order valence-corrected chi connectivity index (χ2v) is 6.82. The first-order chi connectivity index (χ1) is 13.0. The number of ether oxygens (including phenoxy) is 2. The molecule has 0 bridgehead atoms. The van der Waals surface area contributed by atoms with Gasteiger partial charge in [-0.3, -0.25) is 9.69 Å². The molecule has 7 heteroatoms. The SMILES string of the molecule is Cc1cc(=O)oc2c(C)c(O[C@@H](C)C(=O)NCCN3CCOCC3)ccc12. The average Bonchev–Trinajstić information content (AvgIpc) is 2.65. The number of benzene rings is 1. The molecule has 1 saturated heterocycles. The minimum Gasteiger partial charge on any atom is -0.480 e. The van der Waals surface area contributed by atoms with Gasteiger partial charge in [0.25, 0.3) is 5.91 Å². The maximum atomic E-state index is 12.3. The van der Waals surface area contributed by atoms with Crippen LogP contribution in [0.4, 0.5) is 0 Å². The summed E-state index contributed by atoms with van der Waals surface area (Å²) in [7, 11) is 0. The van der Waals surface area contributed by atoms with Crippen LogP contribution in [0.5, 0.6) is 5.75 Å². The molecule has 0 aliphatic carbocycles. The lowest BCUT2D eigenvalue weighted by Crippen LogP contribution is -2.43. The number of nitrogens with one attached hydrogen (secondary N) is 1. The van der Waals surface area contributed by atoms with E-state index in [1.54, 1.807) is 6.92 Å². The van der Waals surface area contributed by atoms with Gasteiger partial charge in [0, 0.05) is 43.2 Å². The van der Waals surface area contributed by atoms with Crippen LogP contribution in [-0.4, -0.2) is 56.3 Å². The number of fused-ring (bicyclic) bond motifs is 1. The van der Waals surface area contributed by atoms with E-state index >= 15 is 0 Å². The second-order valence-electron chi connectivity index (χ2n) is 6.82. The molecule has 1 atom stereocenters. The molecule has 0 saturated carbocycles. The van der Waals surface area contributed by atoms with Gasteiger partial charge in [-0.05, 0) is 38.5 Å². The molecule has 1 N–H and O–H groups in total.